The predicted octanol–water partition coefficient (Wildman–Crippen LogP) is 4.90. The maximum absolute atomic E-state index is 12.6. The van der Waals surface area contributed by atoms with Gasteiger partial charge in [-0.25, -0.2) is 0 Å². The van der Waals surface area contributed by atoms with Crippen LogP contribution >= 0.6 is 11.6 Å². The lowest BCUT2D eigenvalue weighted by Gasteiger charge is -2.08. The van der Waals surface area contributed by atoms with Crippen molar-refractivity contribution in [3.63, 3.8) is 0 Å². The highest BCUT2D eigenvalue weighted by molar-refractivity contribution is 6.31. The molecule has 0 aromatic heterocycles. The highest BCUT2D eigenvalue weighted by atomic mass is 35.5. The maximum atomic E-state index is 12.6. The number of hydrogen-bond acceptors (Lipinski definition) is 1. The monoisotopic (exact) mass is 298 g/mol. The van der Waals surface area contributed by atoms with Crippen LogP contribution < -0.4 is 0 Å². The van der Waals surface area contributed by atoms with Crippen molar-refractivity contribution in [2.45, 2.75) is 13.1 Å². The SMILES string of the molecule is Cc1cc(Cl)cc(C(=O)c2cccc(C(F)(F)F)c2)c1. The highest BCUT2D eigenvalue weighted by Crippen LogP contribution is 2.30. The van der Waals surface area contributed by atoms with Gasteiger partial charge < -0.3 is 0 Å². The zero-order chi connectivity index (χ0) is 14.9. The van der Waals surface area contributed by atoms with Gasteiger partial charge in [0.1, 0.15) is 0 Å². The fourth-order valence-electron chi connectivity index (χ4n) is 1.87. The summed E-state index contributed by atoms with van der Waals surface area (Å²) in [6.07, 6.45) is -4.47. The number of aryl methyl sites for hydroxylation is 1. The van der Waals surface area contributed by atoms with E-state index in [9.17, 15) is 18.0 Å². The van der Waals surface area contributed by atoms with Crippen LogP contribution in [0.5, 0.6) is 0 Å². The van der Waals surface area contributed by atoms with Crippen LogP contribution in [0.15, 0.2) is 42.5 Å². The van der Waals surface area contributed by atoms with Crippen LogP contribution in [0.2, 0.25) is 5.02 Å². The Labute approximate surface area is 119 Å². The molecule has 0 aliphatic heterocycles. The molecule has 2 rings (SSSR count). The number of hydrogen-bond donors (Lipinski definition) is 0. The average Bonchev–Trinajstić information content (AvgIpc) is 2.36. The van der Waals surface area contributed by atoms with Crippen molar-refractivity contribution in [1.29, 1.82) is 0 Å². The summed E-state index contributed by atoms with van der Waals surface area (Å²) in [5, 5.41) is 0.375. The van der Waals surface area contributed by atoms with Crippen molar-refractivity contribution < 1.29 is 18.0 Å². The fourth-order valence-corrected chi connectivity index (χ4v) is 2.16. The van der Waals surface area contributed by atoms with E-state index in [-0.39, 0.29) is 11.1 Å². The van der Waals surface area contributed by atoms with Crippen LogP contribution in [0.1, 0.15) is 27.0 Å². The van der Waals surface area contributed by atoms with Gasteiger partial charge in [0, 0.05) is 16.1 Å². The molecule has 2 aromatic carbocycles. The van der Waals surface area contributed by atoms with Crippen molar-refractivity contribution in [2.75, 3.05) is 0 Å². The smallest absolute Gasteiger partial charge is 0.289 e. The zero-order valence-corrected chi connectivity index (χ0v) is 11.2. The molecular formula is C15H10ClF3O. The van der Waals surface area contributed by atoms with E-state index in [0.717, 1.165) is 17.7 Å². The molecule has 0 fully saturated rings. The third-order valence-corrected chi connectivity index (χ3v) is 2.97. The van der Waals surface area contributed by atoms with E-state index in [4.69, 9.17) is 11.6 Å². The molecule has 0 unspecified atom stereocenters. The summed E-state index contributed by atoms with van der Waals surface area (Å²) >= 11 is 5.85. The number of benzene rings is 2. The van der Waals surface area contributed by atoms with Gasteiger partial charge in [0.2, 0.25) is 0 Å². The van der Waals surface area contributed by atoms with Crippen molar-refractivity contribution in [3.05, 3.63) is 69.7 Å². The molecule has 104 valence electrons. The molecule has 0 aliphatic carbocycles. The molecule has 2 aromatic rings. The molecule has 5 heteroatoms. The van der Waals surface area contributed by atoms with E-state index in [1.165, 1.54) is 18.2 Å². The highest BCUT2D eigenvalue weighted by Gasteiger charge is 2.30. The summed E-state index contributed by atoms with van der Waals surface area (Å²) in [4.78, 5) is 12.2. The lowest BCUT2D eigenvalue weighted by molar-refractivity contribution is -0.137. The minimum atomic E-state index is -4.47. The number of carbonyl (C=O) groups excluding carboxylic acids is 1. The van der Waals surface area contributed by atoms with Gasteiger partial charge in [-0.2, -0.15) is 13.2 Å². The predicted molar refractivity (Wildman–Crippen MR) is 71.1 cm³/mol. The fraction of sp³-hybridized carbons (Fsp3) is 0.133. The number of carbonyl (C=O) groups is 1. The molecule has 0 radical (unpaired) electrons. The number of rotatable bonds is 2. The molecule has 1 nitrogen and oxygen atoms in total. The summed E-state index contributed by atoms with van der Waals surface area (Å²) in [5.74, 6) is -0.485. The molecule has 20 heavy (non-hydrogen) atoms. The minimum absolute atomic E-state index is 0.0125. The molecular weight excluding hydrogens is 289 g/mol. The molecule has 0 aliphatic rings. The van der Waals surface area contributed by atoms with Gasteiger partial charge >= 0.3 is 6.18 Å². The van der Waals surface area contributed by atoms with Crippen LogP contribution in [-0.2, 0) is 6.18 Å². The second kappa shape index (κ2) is 5.29. The Hall–Kier alpha value is -1.81. The Kier molecular flexibility index (Phi) is 3.86. The van der Waals surface area contributed by atoms with E-state index in [1.54, 1.807) is 19.1 Å². The van der Waals surface area contributed by atoms with E-state index in [0.29, 0.717) is 5.02 Å². The van der Waals surface area contributed by atoms with Crippen LogP contribution in [0.3, 0.4) is 0 Å². The van der Waals surface area contributed by atoms with Crippen molar-refractivity contribution in [2.24, 2.45) is 0 Å². The van der Waals surface area contributed by atoms with Gasteiger partial charge in [0.15, 0.2) is 5.78 Å². The molecule has 0 N–H and O–H groups in total. The van der Waals surface area contributed by atoms with E-state index in [1.807, 2.05) is 0 Å². The largest absolute Gasteiger partial charge is 0.416 e. The molecule has 0 heterocycles. The van der Waals surface area contributed by atoms with Gasteiger partial charge in [-0.3, -0.25) is 4.79 Å². The van der Waals surface area contributed by atoms with Crippen LogP contribution in [0.4, 0.5) is 13.2 Å². The molecule has 0 saturated heterocycles. The maximum Gasteiger partial charge on any atom is 0.416 e. The van der Waals surface area contributed by atoms with Gasteiger partial charge in [-0.1, -0.05) is 23.7 Å². The van der Waals surface area contributed by atoms with E-state index < -0.39 is 17.5 Å². The van der Waals surface area contributed by atoms with E-state index in [2.05, 4.69) is 0 Å². The van der Waals surface area contributed by atoms with Crippen LogP contribution in [0.25, 0.3) is 0 Å². The topological polar surface area (TPSA) is 17.1 Å². The molecule has 0 bridgehead atoms. The standard InChI is InChI=1S/C15H10ClF3O/c1-9-5-11(8-13(16)6-9)14(20)10-3-2-4-12(7-10)15(17,18)19/h2-8H,1H3. The Bertz CT molecular complexity index is 642. The van der Waals surface area contributed by atoms with Gasteiger partial charge in [0.05, 0.1) is 5.56 Å². The normalized spacial score (nSPS) is 11.4. The summed E-state index contributed by atoms with van der Waals surface area (Å²) in [5.41, 5.74) is 0.186. The lowest BCUT2D eigenvalue weighted by Crippen LogP contribution is -2.08. The summed E-state index contributed by atoms with van der Waals surface area (Å²) in [7, 11) is 0. The van der Waals surface area contributed by atoms with Crippen LogP contribution in [-0.4, -0.2) is 5.78 Å². The number of ketones is 1. The van der Waals surface area contributed by atoms with Gasteiger partial charge in [0.25, 0.3) is 0 Å². The summed E-state index contributed by atoms with van der Waals surface area (Å²) in [6.45, 7) is 1.76. The Balaban J connectivity index is 2.43. The lowest BCUT2D eigenvalue weighted by atomic mass is 10.00. The first-order valence-electron chi connectivity index (χ1n) is 5.76. The first-order chi connectivity index (χ1) is 9.27. The Morgan fingerprint density at radius 2 is 1.75 bits per heavy atom. The molecule has 0 amide bonds. The average molecular weight is 299 g/mol. The number of alkyl halides is 3. The zero-order valence-electron chi connectivity index (χ0n) is 10.5. The van der Waals surface area contributed by atoms with Crippen molar-refractivity contribution in [1.82, 2.24) is 0 Å². The first kappa shape index (κ1) is 14.6. The molecule has 0 spiro atoms. The van der Waals surface area contributed by atoms with Crippen molar-refractivity contribution in [3.8, 4) is 0 Å². The third kappa shape index (κ3) is 3.20. The third-order valence-electron chi connectivity index (χ3n) is 2.76. The number of halogens is 4. The summed E-state index contributed by atoms with van der Waals surface area (Å²) in [6, 6.07) is 9.05. The Morgan fingerprint density at radius 1 is 1.05 bits per heavy atom. The summed E-state index contributed by atoms with van der Waals surface area (Å²) < 4.78 is 37.9. The minimum Gasteiger partial charge on any atom is -0.289 e. The quantitative estimate of drug-likeness (QED) is 0.721. The van der Waals surface area contributed by atoms with E-state index >= 15 is 0 Å². The Morgan fingerprint density at radius 3 is 2.35 bits per heavy atom. The first-order valence-corrected chi connectivity index (χ1v) is 6.14. The molecule has 0 atom stereocenters. The second-order valence-corrected chi connectivity index (χ2v) is 4.86. The van der Waals surface area contributed by atoms with Crippen LogP contribution in [0, 0.1) is 6.92 Å². The molecule has 0 saturated carbocycles. The second-order valence-electron chi connectivity index (χ2n) is 4.42. The van der Waals surface area contributed by atoms with Crippen molar-refractivity contribution >= 4 is 17.4 Å². The van der Waals surface area contributed by atoms with Gasteiger partial charge in [-0.15, -0.1) is 0 Å². The van der Waals surface area contributed by atoms with Gasteiger partial charge in [-0.05, 0) is 42.8 Å².